The van der Waals surface area contributed by atoms with E-state index in [-0.39, 0.29) is 6.54 Å². The Morgan fingerprint density at radius 1 is 1.25 bits per heavy atom. The van der Waals surface area contributed by atoms with Crippen LogP contribution in [0.5, 0.6) is 0 Å². The van der Waals surface area contributed by atoms with Crippen molar-refractivity contribution < 1.29 is 8.42 Å². The third-order valence-electron chi connectivity index (χ3n) is 2.34. The van der Waals surface area contributed by atoms with E-state index in [2.05, 4.69) is 4.72 Å². The molecule has 0 amide bonds. The zero-order chi connectivity index (χ0) is 12.3. The number of hydrogen-bond acceptors (Lipinski definition) is 3. The smallest absolute Gasteiger partial charge is 0.236 e. The van der Waals surface area contributed by atoms with Crippen LogP contribution in [0.25, 0.3) is 0 Å². The fourth-order valence-electron chi connectivity index (χ4n) is 1.43. The summed E-state index contributed by atoms with van der Waals surface area (Å²) in [4.78, 5) is 0. The van der Waals surface area contributed by atoms with E-state index < -0.39 is 15.3 Å². The summed E-state index contributed by atoms with van der Waals surface area (Å²) in [6.07, 6.45) is 0. The van der Waals surface area contributed by atoms with Gasteiger partial charge in [-0.1, -0.05) is 6.07 Å². The summed E-state index contributed by atoms with van der Waals surface area (Å²) in [5.74, 6) is 0. The van der Waals surface area contributed by atoms with Crippen molar-refractivity contribution in [1.29, 1.82) is 0 Å². The van der Waals surface area contributed by atoms with E-state index in [4.69, 9.17) is 5.73 Å². The first-order valence-corrected chi connectivity index (χ1v) is 6.70. The first kappa shape index (κ1) is 13.0. The number of nitrogens with one attached hydrogen (secondary N) is 1. The maximum atomic E-state index is 11.8. The normalized spacial score (nSPS) is 13.5. The molecular weight excluding hydrogens is 224 g/mol. The predicted molar refractivity (Wildman–Crippen MR) is 67.0 cm³/mol. The summed E-state index contributed by atoms with van der Waals surface area (Å²) in [6, 6.07) is 5.59. The average molecular weight is 242 g/mol. The van der Waals surface area contributed by atoms with Crippen LogP contribution in [-0.2, 0) is 10.0 Å². The number of anilines is 1. The van der Waals surface area contributed by atoms with Gasteiger partial charge < -0.3 is 5.73 Å². The summed E-state index contributed by atoms with van der Waals surface area (Å²) < 4.78 is 26.1. The SMILES string of the molecule is Cc1cc(C)cc(NS(=O)(=O)C(C)CN)c1. The Bertz CT molecular complexity index is 449. The third kappa shape index (κ3) is 3.21. The molecule has 3 N–H and O–H groups in total. The Morgan fingerprint density at radius 2 is 1.75 bits per heavy atom. The summed E-state index contributed by atoms with van der Waals surface area (Å²) in [7, 11) is -3.37. The Kier molecular flexibility index (Phi) is 3.93. The van der Waals surface area contributed by atoms with Gasteiger partial charge in [-0.05, 0) is 44.0 Å². The number of aryl methyl sites for hydroxylation is 2. The highest BCUT2D eigenvalue weighted by Crippen LogP contribution is 2.16. The number of hydrogen-bond donors (Lipinski definition) is 2. The molecule has 1 aromatic rings. The van der Waals surface area contributed by atoms with Crippen molar-refractivity contribution in [3.63, 3.8) is 0 Å². The first-order chi connectivity index (χ1) is 7.35. The minimum Gasteiger partial charge on any atom is -0.329 e. The predicted octanol–water partition coefficient (Wildman–Crippen LogP) is 1.39. The van der Waals surface area contributed by atoms with Gasteiger partial charge in [0.15, 0.2) is 0 Å². The third-order valence-corrected chi connectivity index (χ3v) is 4.12. The maximum Gasteiger partial charge on any atom is 0.236 e. The van der Waals surface area contributed by atoms with Gasteiger partial charge in [0, 0.05) is 12.2 Å². The van der Waals surface area contributed by atoms with Gasteiger partial charge in [-0.15, -0.1) is 0 Å². The van der Waals surface area contributed by atoms with Crippen LogP contribution in [-0.4, -0.2) is 20.2 Å². The molecule has 16 heavy (non-hydrogen) atoms. The van der Waals surface area contributed by atoms with Gasteiger partial charge in [0.05, 0.1) is 5.25 Å². The van der Waals surface area contributed by atoms with E-state index in [0.717, 1.165) is 11.1 Å². The van der Waals surface area contributed by atoms with Crippen LogP contribution in [0.3, 0.4) is 0 Å². The van der Waals surface area contributed by atoms with Gasteiger partial charge in [0.2, 0.25) is 10.0 Å². The topological polar surface area (TPSA) is 72.2 Å². The second-order valence-electron chi connectivity index (χ2n) is 4.07. The van der Waals surface area contributed by atoms with E-state index in [0.29, 0.717) is 5.69 Å². The highest BCUT2D eigenvalue weighted by atomic mass is 32.2. The minimum atomic E-state index is -3.37. The molecule has 1 rings (SSSR count). The van der Waals surface area contributed by atoms with Crippen molar-refractivity contribution in [1.82, 2.24) is 0 Å². The van der Waals surface area contributed by atoms with Crippen LogP contribution in [0.15, 0.2) is 18.2 Å². The summed E-state index contributed by atoms with van der Waals surface area (Å²) in [5, 5.41) is -0.590. The maximum absolute atomic E-state index is 11.8. The molecule has 90 valence electrons. The zero-order valence-corrected chi connectivity index (χ0v) is 10.6. The lowest BCUT2D eigenvalue weighted by molar-refractivity contribution is 0.589. The minimum absolute atomic E-state index is 0.111. The Balaban J connectivity index is 2.97. The Morgan fingerprint density at radius 3 is 2.19 bits per heavy atom. The fraction of sp³-hybridized carbons (Fsp3) is 0.455. The Labute approximate surface area is 96.9 Å². The molecular formula is C11H18N2O2S. The molecule has 5 heteroatoms. The zero-order valence-electron chi connectivity index (χ0n) is 9.82. The van der Waals surface area contributed by atoms with Crippen molar-refractivity contribution in [3.05, 3.63) is 29.3 Å². The van der Waals surface area contributed by atoms with Gasteiger partial charge in [0.1, 0.15) is 0 Å². The molecule has 0 fully saturated rings. The largest absolute Gasteiger partial charge is 0.329 e. The molecule has 0 aromatic heterocycles. The molecule has 1 aromatic carbocycles. The van der Waals surface area contributed by atoms with Crippen molar-refractivity contribution in [2.45, 2.75) is 26.0 Å². The summed E-state index contributed by atoms with van der Waals surface area (Å²) in [5.41, 5.74) is 8.00. The molecule has 0 bridgehead atoms. The lowest BCUT2D eigenvalue weighted by Gasteiger charge is -2.13. The summed E-state index contributed by atoms with van der Waals surface area (Å²) in [6.45, 7) is 5.55. The van der Waals surface area contributed by atoms with Crippen LogP contribution < -0.4 is 10.5 Å². The van der Waals surface area contributed by atoms with Crippen LogP contribution in [0.2, 0.25) is 0 Å². The second-order valence-corrected chi connectivity index (χ2v) is 6.17. The molecule has 4 nitrogen and oxygen atoms in total. The molecule has 0 radical (unpaired) electrons. The van der Waals surface area contributed by atoms with Crippen molar-refractivity contribution >= 4 is 15.7 Å². The highest BCUT2D eigenvalue weighted by molar-refractivity contribution is 7.93. The van der Waals surface area contributed by atoms with E-state index in [1.165, 1.54) is 0 Å². The van der Waals surface area contributed by atoms with Crippen molar-refractivity contribution in [2.75, 3.05) is 11.3 Å². The molecule has 0 aliphatic heterocycles. The van der Waals surface area contributed by atoms with Gasteiger partial charge in [-0.2, -0.15) is 0 Å². The first-order valence-electron chi connectivity index (χ1n) is 5.15. The van der Waals surface area contributed by atoms with Crippen LogP contribution in [0, 0.1) is 13.8 Å². The number of rotatable bonds is 4. The van der Waals surface area contributed by atoms with Crippen LogP contribution in [0.1, 0.15) is 18.1 Å². The molecule has 0 spiro atoms. The highest BCUT2D eigenvalue weighted by Gasteiger charge is 2.18. The van der Waals surface area contributed by atoms with Crippen molar-refractivity contribution in [2.24, 2.45) is 5.73 Å². The van der Waals surface area contributed by atoms with E-state index >= 15 is 0 Å². The quantitative estimate of drug-likeness (QED) is 0.838. The lowest BCUT2D eigenvalue weighted by Crippen LogP contribution is -2.31. The molecule has 0 aliphatic carbocycles. The lowest BCUT2D eigenvalue weighted by atomic mass is 10.1. The van der Waals surface area contributed by atoms with Crippen LogP contribution in [0.4, 0.5) is 5.69 Å². The second kappa shape index (κ2) is 4.84. The van der Waals surface area contributed by atoms with E-state index in [1.807, 2.05) is 19.9 Å². The van der Waals surface area contributed by atoms with Gasteiger partial charge in [0.25, 0.3) is 0 Å². The average Bonchev–Trinajstić information content (AvgIpc) is 2.13. The van der Waals surface area contributed by atoms with Crippen molar-refractivity contribution in [3.8, 4) is 0 Å². The fourth-order valence-corrected chi connectivity index (χ4v) is 2.33. The number of benzene rings is 1. The molecule has 0 saturated carbocycles. The molecule has 1 atom stereocenters. The Hall–Kier alpha value is -1.07. The van der Waals surface area contributed by atoms with Gasteiger partial charge >= 0.3 is 0 Å². The van der Waals surface area contributed by atoms with E-state index in [1.54, 1.807) is 19.1 Å². The van der Waals surface area contributed by atoms with Gasteiger partial charge in [-0.3, -0.25) is 4.72 Å². The standard InChI is InChI=1S/C11H18N2O2S/c1-8-4-9(2)6-11(5-8)13-16(14,15)10(3)7-12/h4-6,10,13H,7,12H2,1-3H3. The number of nitrogens with two attached hydrogens (primary N) is 1. The van der Waals surface area contributed by atoms with E-state index in [9.17, 15) is 8.42 Å². The van der Waals surface area contributed by atoms with Gasteiger partial charge in [-0.25, -0.2) is 8.42 Å². The molecule has 1 unspecified atom stereocenters. The summed E-state index contributed by atoms with van der Waals surface area (Å²) >= 11 is 0. The molecule has 0 saturated heterocycles. The number of sulfonamides is 1. The molecule has 0 heterocycles. The molecule has 0 aliphatic rings. The monoisotopic (exact) mass is 242 g/mol. The van der Waals surface area contributed by atoms with Crippen LogP contribution >= 0.6 is 0 Å².